The van der Waals surface area contributed by atoms with Crippen LogP contribution in [0.15, 0.2) is 36.8 Å². The first-order valence-corrected chi connectivity index (χ1v) is 6.27. The molecule has 2 aliphatic rings. The summed E-state index contributed by atoms with van der Waals surface area (Å²) in [6.07, 6.45) is 1.47. The summed E-state index contributed by atoms with van der Waals surface area (Å²) in [5.41, 5.74) is 1.91. The van der Waals surface area contributed by atoms with Crippen molar-refractivity contribution in [3.05, 3.63) is 28.0 Å². The molecule has 4 nitrogen and oxygen atoms in total. The van der Waals surface area contributed by atoms with Crippen molar-refractivity contribution in [3.8, 4) is 0 Å². The Balaban J connectivity index is 2.43. The quantitative estimate of drug-likeness (QED) is 0.665. The lowest BCUT2D eigenvalue weighted by Crippen LogP contribution is -2.13. The minimum atomic E-state index is -3.27. The second-order valence-electron chi connectivity index (χ2n) is 2.93. The maximum absolute atomic E-state index is 11.7. The Bertz CT molecular complexity index is 605. The molecule has 0 bridgehead atoms. The molecular formula is C8H4N2O2S2. The zero-order valence-corrected chi connectivity index (χ0v) is 8.47. The van der Waals surface area contributed by atoms with Gasteiger partial charge in [-0.25, -0.2) is 8.42 Å². The molecule has 0 unspecified atom stereocenters. The Morgan fingerprint density at radius 1 is 1.36 bits per heavy atom. The number of hydrogen-bond acceptors (Lipinski definition) is 5. The minimum Gasteiger partial charge on any atom is -0.218 e. The number of thiophene rings is 1. The maximum Gasteiger partial charge on any atom is 0.210 e. The molecule has 14 heavy (non-hydrogen) atoms. The third-order valence-corrected chi connectivity index (χ3v) is 5.05. The van der Waals surface area contributed by atoms with E-state index in [1.165, 1.54) is 23.0 Å². The fourth-order valence-corrected chi connectivity index (χ4v) is 4.03. The third-order valence-electron chi connectivity index (χ3n) is 2.05. The molecular weight excluding hydrogens is 220 g/mol. The zero-order chi connectivity index (χ0) is 9.76. The molecule has 70 valence electrons. The van der Waals surface area contributed by atoms with Gasteiger partial charge in [-0.2, -0.15) is 5.10 Å². The molecule has 6 heteroatoms. The number of hydrogen-bond donors (Lipinski definition) is 0. The SMILES string of the molecule is O=S1(=O)C=C2C=NN=C2c2ccsc21. The Kier molecular flexibility index (Phi) is 1.38. The third kappa shape index (κ3) is 0.893. The van der Waals surface area contributed by atoms with Gasteiger partial charge in [-0.1, -0.05) is 0 Å². The Labute approximate surface area is 84.2 Å². The van der Waals surface area contributed by atoms with Crippen LogP contribution >= 0.6 is 11.3 Å². The lowest BCUT2D eigenvalue weighted by atomic mass is 10.1. The predicted octanol–water partition coefficient (Wildman–Crippen LogP) is 1.21. The van der Waals surface area contributed by atoms with E-state index in [0.717, 1.165) is 0 Å². The average Bonchev–Trinajstić information content (AvgIpc) is 2.66. The van der Waals surface area contributed by atoms with Gasteiger partial charge < -0.3 is 0 Å². The summed E-state index contributed by atoms with van der Waals surface area (Å²) in [5, 5.41) is 10.6. The molecule has 0 N–H and O–H groups in total. The van der Waals surface area contributed by atoms with E-state index in [0.29, 0.717) is 21.1 Å². The van der Waals surface area contributed by atoms with Gasteiger partial charge in [0.25, 0.3) is 0 Å². The largest absolute Gasteiger partial charge is 0.218 e. The molecule has 0 saturated carbocycles. The Hall–Kier alpha value is -1.27. The van der Waals surface area contributed by atoms with Crippen molar-refractivity contribution in [2.24, 2.45) is 10.2 Å². The van der Waals surface area contributed by atoms with Gasteiger partial charge in [0, 0.05) is 16.5 Å². The van der Waals surface area contributed by atoms with Crippen LogP contribution in [0.3, 0.4) is 0 Å². The van der Waals surface area contributed by atoms with Crippen molar-refractivity contribution in [1.29, 1.82) is 0 Å². The molecule has 0 spiro atoms. The van der Waals surface area contributed by atoms with Crippen LogP contribution in [-0.2, 0) is 9.84 Å². The van der Waals surface area contributed by atoms with Crippen molar-refractivity contribution in [3.63, 3.8) is 0 Å². The predicted molar refractivity (Wildman–Crippen MR) is 54.6 cm³/mol. The highest BCUT2D eigenvalue weighted by molar-refractivity contribution is 7.96. The van der Waals surface area contributed by atoms with Crippen LogP contribution in [0.2, 0.25) is 0 Å². The fraction of sp³-hybridized carbons (Fsp3) is 0. The van der Waals surface area contributed by atoms with Crippen LogP contribution in [0.25, 0.3) is 0 Å². The van der Waals surface area contributed by atoms with Crippen LogP contribution in [-0.4, -0.2) is 20.3 Å². The zero-order valence-electron chi connectivity index (χ0n) is 6.84. The van der Waals surface area contributed by atoms with Crippen LogP contribution in [0.1, 0.15) is 5.56 Å². The first-order valence-electron chi connectivity index (χ1n) is 3.84. The number of allylic oxidation sites excluding steroid dienone is 1. The number of nitrogens with zero attached hydrogens (tertiary/aromatic N) is 2. The van der Waals surface area contributed by atoms with Gasteiger partial charge in [0.1, 0.15) is 9.92 Å². The second-order valence-corrected chi connectivity index (χ2v) is 5.84. The normalized spacial score (nSPS) is 21.1. The molecule has 0 aromatic carbocycles. The molecule has 2 aliphatic heterocycles. The molecule has 3 heterocycles. The summed E-state index contributed by atoms with van der Waals surface area (Å²) in [4.78, 5) is 0. The molecule has 1 aromatic heterocycles. The monoisotopic (exact) mass is 224 g/mol. The summed E-state index contributed by atoms with van der Waals surface area (Å²) in [7, 11) is -3.27. The minimum absolute atomic E-state index is 0.366. The topological polar surface area (TPSA) is 58.9 Å². The van der Waals surface area contributed by atoms with Crippen LogP contribution in [0, 0.1) is 0 Å². The maximum atomic E-state index is 11.7. The fourth-order valence-electron chi connectivity index (χ4n) is 1.48. The van der Waals surface area contributed by atoms with E-state index in [4.69, 9.17) is 0 Å². The molecule has 1 aromatic rings. The number of sulfone groups is 1. The molecule has 3 rings (SSSR count). The standard InChI is InChI=1S/C8H4N2O2S2/c11-14(12)4-5-3-9-10-7(5)6-1-2-13-8(6)14/h1-4H. The first kappa shape index (κ1) is 8.07. The van der Waals surface area contributed by atoms with E-state index >= 15 is 0 Å². The van der Waals surface area contributed by atoms with Gasteiger partial charge in [-0.3, -0.25) is 0 Å². The number of fused-ring (bicyclic) bond motifs is 3. The highest BCUT2D eigenvalue weighted by atomic mass is 32.2. The van der Waals surface area contributed by atoms with Gasteiger partial charge in [-0.15, -0.1) is 16.4 Å². The number of rotatable bonds is 0. The van der Waals surface area contributed by atoms with Crippen molar-refractivity contribution in [2.45, 2.75) is 4.21 Å². The molecule has 0 amide bonds. The highest BCUT2D eigenvalue weighted by Gasteiger charge is 2.30. The van der Waals surface area contributed by atoms with Crippen LogP contribution in [0.5, 0.6) is 0 Å². The lowest BCUT2D eigenvalue weighted by Gasteiger charge is -2.08. The smallest absolute Gasteiger partial charge is 0.210 e. The van der Waals surface area contributed by atoms with E-state index in [9.17, 15) is 8.42 Å². The molecule has 0 aliphatic carbocycles. The van der Waals surface area contributed by atoms with E-state index in [2.05, 4.69) is 10.2 Å². The summed E-state index contributed by atoms with van der Waals surface area (Å²) in [6, 6.07) is 1.76. The molecule has 0 atom stereocenters. The van der Waals surface area contributed by atoms with Crippen LogP contribution < -0.4 is 0 Å². The van der Waals surface area contributed by atoms with Gasteiger partial charge in [0.2, 0.25) is 9.84 Å². The van der Waals surface area contributed by atoms with Gasteiger partial charge in [-0.05, 0) is 11.4 Å². The van der Waals surface area contributed by atoms with Crippen LogP contribution in [0.4, 0.5) is 0 Å². The molecule has 0 saturated heterocycles. The van der Waals surface area contributed by atoms with Crippen molar-refractivity contribution in [1.82, 2.24) is 0 Å². The van der Waals surface area contributed by atoms with E-state index < -0.39 is 9.84 Å². The summed E-state index contributed by atoms with van der Waals surface area (Å²) in [5.74, 6) is 0. The summed E-state index contributed by atoms with van der Waals surface area (Å²) in [6.45, 7) is 0. The summed E-state index contributed by atoms with van der Waals surface area (Å²) < 4.78 is 23.8. The van der Waals surface area contributed by atoms with Gasteiger partial charge in [0.05, 0.1) is 6.21 Å². The lowest BCUT2D eigenvalue weighted by molar-refractivity contribution is 0.606. The Morgan fingerprint density at radius 2 is 2.21 bits per heavy atom. The average molecular weight is 224 g/mol. The van der Waals surface area contributed by atoms with Crippen molar-refractivity contribution >= 4 is 33.1 Å². The summed E-state index contributed by atoms with van der Waals surface area (Å²) >= 11 is 1.21. The van der Waals surface area contributed by atoms with Crippen molar-refractivity contribution < 1.29 is 8.42 Å². The van der Waals surface area contributed by atoms with E-state index in [1.54, 1.807) is 11.4 Å². The van der Waals surface area contributed by atoms with Gasteiger partial charge >= 0.3 is 0 Å². The Morgan fingerprint density at radius 3 is 3.07 bits per heavy atom. The van der Waals surface area contributed by atoms with E-state index in [1.807, 2.05) is 0 Å². The molecule has 0 fully saturated rings. The van der Waals surface area contributed by atoms with Crippen molar-refractivity contribution in [2.75, 3.05) is 0 Å². The van der Waals surface area contributed by atoms with Gasteiger partial charge in [0.15, 0.2) is 0 Å². The highest BCUT2D eigenvalue weighted by Crippen LogP contribution is 2.32. The van der Waals surface area contributed by atoms with E-state index in [-0.39, 0.29) is 0 Å². The second kappa shape index (κ2) is 2.40. The first-order chi connectivity index (χ1) is 6.68. The molecule has 0 radical (unpaired) electrons.